The normalized spacial score (nSPS) is 12.0. The van der Waals surface area contributed by atoms with Crippen molar-refractivity contribution in [1.82, 2.24) is 24.9 Å². The molecular formula is C15H19N5O2S. The molecular weight excluding hydrogens is 314 g/mol. The second kappa shape index (κ2) is 5.84. The number of hydrogen-bond acceptors (Lipinski definition) is 7. The molecule has 3 heterocycles. The third-order valence-corrected chi connectivity index (χ3v) is 4.39. The van der Waals surface area contributed by atoms with Crippen molar-refractivity contribution in [3.8, 4) is 11.4 Å². The monoisotopic (exact) mass is 333 g/mol. The Morgan fingerprint density at radius 3 is 2.65 bits per heavy atom. The van der Waals surface area contributed by atoms with Gasteiger partial charge in [-0.3, -0.25) is 0 Å². The standard InChI is InChI=1S/C15H19N5O2S/c1-9-10(6-7-21-9)12-17-18-14(20(12)5)23-8-11-16-13(22-19-11)15(2,3)4/h6-7H,8H2,1-5H3. The van der Waals surface area contributed by atoms with Crippen molar-refractivity contribution in [2.24, 2.45) is 7.05 Å². The van der Waals surface area contributed by atoms with Crippen LogP contribution in [-0.4, -0.2) is 24.9 Å². The highest BCUT2D eigenvalue weighted by molar-refractivity contribution is 7.98. The molecule has 3 aromatic heterocycles. The van der Waals surface area contributed by atoms with Gasteiger partial charge in [-0.1, -0.05) is 37.7 Å². The van der Waals surface area contributed by atoms with Crippen molar-refractivity contribution in [3.63, 3.8) is 0 Å². The maximum absolute atomic E-state index is 5.33. The van der Waals surface area contributed by atoms with Gasteiger partial charge in [0.2, 0.25) is 5.89 Å². The van der Waals surface area contributed by atoms with Gasteiger partial charge in [-0.2, -0.15) is 4.98 Å². The van der Waals surface area contributed by atoms with E-state index >= 15 is 0 Å². The van der Waals surface area contributed by atoms with E-state index in [2.05, 4.69) is 20.3 Å². The summed E-state index contributed by atoms with van der Waals surface area (Å²) in [6.07, 6.45) is 1.65. The van der Waals surface area contributed by atoms with Crippen molar-refractivity contribution >= 4 is 11.8 Å². The zero-order valence-corrected chi connectivity index (χ0v) is 14.6. The van der Waals surface area contributed by atoms with Crippen molar-refractivity contribution < 1.29 is 8.94 Å². The first-order valence-electron chi connectivity index (χ1n) is 7.26. The lowest BCUT2D eigenvalue weighted by atomic mass is 9.97. The fourth-order valence-electron chi connectivity index (χ4n) is 2.04. The quantitative estimate of drug-likeness (QED) is 0.677. The van der Waals surface area contributed by atoms with Gasteiger partial charge in [-0.15, -0.1) is 10.2 Å². The average molecular weight is 333 g/mol. The smallest absolute Gasteiger partial charge is 0.232 e. The van der Waals surface area contributed by atoms with Crippen LogP contribution < -0.4 is 0 Å². The number of aromatic nitrogens is 5. The SMILES string of the molecule is Cc1occc1-c1nnc(SCc2noc(C(C)(C)C)n2)n1C. The van der Waals surface area contributed by atoms with E-state index in [1.165, 1.54) is 11.8 Å². The number of nitrogens with zero attached hydrogens (tertiary/aromatic N) is 5. The highest BCUT2D eigenvalue weighted by Crippen LogP contribution is 2.27. The van der Waals surface area contributed by atoms with Gasteiger partial charge in [-0.05, 0) is 13.0 Å². The number of furan rings is 1. The highest BCUT2D eigenvalue weighted by atomic mass is 32.2. The zero-order valence-electron chi connectivity index (χ0n) is 13.8. The van der Waals surface area contributed by atoms with E-state index in [0.29, 0.717) is 17.5 Å². The molecule has 0 aliphatic carbocycles. The van der Waals surface area contributed by atoms with Gasteiger partial charge in [0.1, 0.15) is 5.76 Å². The van der Waals surface area contributed by atoms with E-state index in [-0.39, 0.29) is 5.41 Å². The van der Waals surface area contributed by atoms with Crippen LogP contribution in [0, 0.1) is 6.92 Å². The minimum atomic E-state index is -0.146. The predicted molar refractivity (Wildman–Crippen MR) is 86.0 cm³/mol. The fourth-order valence-corrected chi connectivity index (χ4v) is 2.79. The van der Waals surface area contributed by atoms with Crippen molar-refractivity contribution in [2.45, 2.75) is 44.0 Å². The van der Waals surface area contributed by atoms with Crippen LogP contribution in [0.1, 0.15) is 38.2 Å². The van der Waals surface area contributed by atoms with E-state index in [1.807, 2.05) is 45.4 Å². The molecule has 0 saturated carbocycles. The van der Waals surface area contributed by atoms with Crippen molar-refractivity contribution in [1.29, 1.82) is 0 Å². The summed E-state index contributed by atoms with van der Waals surface area (Å²) < 4.78 is 12.6. The summed E-state index contributed by atoms with van der Waals surface area (Å²) in [7, 11) is 1.93. The Morgan fingerprint density at radius 1 is 1.26 bits per heavy atom. The molecule has 0 atom stereocenters. The molecule has 0 spiro atoms. The minimum absolute atomic E-state index is 0.146. The Bertz CT molecular complexity index is 812. The highest BCUT2D eigenvalue weighted by Gasteiger charge is 2.22. The Balaban J connectivity index is 1.73. The minimum Gasteiger partial charge on any atom is -0.469 e. The third-order valence-electron chi connectivity index (χ3n) is 3.37. The molecule has 0 fully saturated rings. The molecule has 0 unspecified atom stereocenters. The molecule has 0 aromatic carbocycles. The summed E-state index contributed by atoms with van der Waals surface area (Å²) in [5.41, 5.74) is 0.800. The lowest BCUT2D eigenvalue weighted by molar-refractivity contribution is 0.319. The van der Waals surface area contributed by atoms with Gasteiger partial charge in [0.05, 0.1) is 17.6 Å². The summed E-state index contributed by atoms with van der Waals surface area (Å²) in [6.45, 7) is 8.03. The Morgan fingerprint density at radius 2 is 2.04 bits per heavy atom. The van der Waals surface area contributed by atoms with E-state index in [1.54, 1.807) is 6.26 Å². The van der Waals surface area contributed by atoms with Crippen LogP contribution in [0.4, 0.5) is 0 Å². The molecule has 0 aliphatic heterocycles. The maximum atomic E-state index is 5.33. The molecule has 122 valence electrons. The van der Waals surface area contributed by atoms with E-state index in [9.17, 15) is 0 Å². The Hall–Kier alpha value is -2.09. The van der Waals surface area contributed by atoms with Crippen LogP contribution in [-0.2, 0) is 18.2 Å². The van der Waals surface area contributed by atoms with Gasteiger partial charge in [0.25, 0.3) is 0 Å². The molecule has 8 heteroatoms. The fraction of sp³-hybridized carbons (Fsp3) is 0.467. The molecule has 23 heavy (non-hydrogen) atoms. The van der Waals surface area contributed by atoms with Crippen LogP contribution >= 0.6 is 11.8 Å². The summed E-state index contributed by atoms with van der Waals surface area (Å²) >= 11 is 1.52. The van der Waals surface area contributed by atoms with Crippen molar-refractivity contribution in [2.75, 3.05) is 0 Å². The molecule has 7 nitrogen and oxygen atoms in total. The predicted octanol–water partition coefficient (Wildman–Crippen LogP) is 3.36. The van der Waals surface area contributed by atoms with E-state index in [0.717, 1.165) is 22.3 Å². The first kappa shape index (κ1) is 15.8. The number of aryl methyl sites for hydroxylation is 1. The molecule has 0 amide bonds. The summed E-state index contributed by atoms with van der Waals surface area (Å²) in [6, 6.07) is 1.89. The second-order valence-electron chi connectivity index (χ2n) is 6.31. The van der Waals surface area contributed by atoms with Crippen LogP contribution in [0.25, 0.3) is 11.4 Å². The van der Waals surface area contributed by atoms with Gasteiger partial charge >= 0.3 is 0 Å². The second-order valence-corrected chi connectivity index (χ2v) is 7.25. The molecule has 0 radical (unpaired) electrons. The van der Waals surface area contributed by atoms with E-state index in [4.69, 9.17) is 8.94 Å². The molecule has 0 bridgehead atoms. The number of thioether (sulfide) groups is 1. The lowest BCUT2D eigenvalue weighted by Gasteiger charge is -2.10. The molecule has 0 aliphatic rings. The van der Waals surface area contributed by atoms with Gasteiger partial charge in [-0.25, -0.2) is 0 Å². The summed E-state index contributed by atoms with van der Waals surface area (Å²) in [5.74, 6) is 3.48. The summed E-state index contributed by atoms with van der Waals surface area (Å²) in [4.78, 5) is 4.43. The molecule has 3 aromatic rings. The third kappa shape index (κ3) is 3.17. The Kier molecular flexibility index (Phi) is 4.01. The molecule has 3 rings (SSSR count). The van der Waals surface area contributed by atoms with Gasteiger partial charge < -0.3 is 13.5 Å². The van der Waals surface area contributed by atoms with Gasteiger partial charge in [0.15, 0.2) is 16.8 Å². The number of hydrogen-bond donors (Lipinski definition) is 0. The van der Waals surface area contributed by atoms with Crippen LogP contribution in [0.15, 0.2) is 26.4 Å². The average Bonchev–Trinajstić information content (AvgIpc) is 3.17. The van der Waals surface area contributed by atoms with E-state index < -0.39 is 0 Å². The maximum Gasteiger partial charge on any atom is 0.232 e. The topological polar surface area (TPSA) is 82.8 Å². The first-order valence-corrected chi connectivity index (χ1v) is 8.24. The first-order chi connectivity index (χ1) is 10.9. The molecule has 0 N–H and O–H groups in total. The van der Waals surface area contributed by atoms with Crippen LogP contribution in [0.2, 0.25) is 0 Å². The summed E-state index contributed by atoms with van der Waals surface area (Å²) in [5, 5.41) is 13.3. The lowest BCUT2D eigenvalue weighted by Crippen LogP contribution is -2.11. The van der Waals surface area contributed by atoms with Crippen molar-refractivity contribution in [3.05, 3.63) is 29.8 Å². The Labute approximate surface area is 138 Å². The largest absolute Gasteiger partial charge is 0.469 e. The van der Waals surface area contributed by atoms with Crippen LogP contribution in [0.5, 0.6) is 0 Å². The number of rotatable bonds is 4. The van der Waals surface area contributed by atoms with Crippen LogP contribution in [0.3, 0.4) is 0 Å². The molecule has 0 saturated heterocycles. The van der Waals surface area contributed by atoms with Gasteiger partial charge in [0, 0.05) is 12.5 Å². The zero-order chi connectivity index (χ0) is 16.6.